The molecule has 1 aromatic carbocycles. The minimum absolute atomic E-state index is 0.664. The van der Waals surface area contributed by atoms with Gasteiger partial charge in [0.2, 0.25) is 0 Å². The van der Waals surface area contributed by atoms with Crippen molar-refractivity contribution in [1.82, 2.24) is 9.78 Å². The molecule has 2 aromatic rings. The molecule has 0 N–H and O–H groups in total. The van der Waals surface area contributed by atoms with Crippen molar-refractivity contribution < 1.29 is 9.53 Å². The van der Waals surface area contributed by atoms with Crippen molar-refractivity contribution in [1.29, 1.82) is 0 Å². The van der Waals surface area contributed by atoms with E-state index in [1.807, 2.05) is 36.9 Å². The molecule has 0 saturated carbocycles. The molecule has 0 amide bonds. The van der Waals surface area contributed by atoms with Crippen molar-refractivity contribution in [2.75, 3.05) is 7.11 Å². The molecule has 0 aliphatic heterocycles. The molecule has 0 spiro atoms. The Hall–Kier alpha value is -1.75. The van der Waals surface area contributed by atoms with Crippen molar-refractivity contribution in [3.8, 4) is 5.75 Å². The summed E-state index contributed by atoms with van der Waals surface area (Å²) in [5.41, 5.74) is 2.67. The van der Waals surface area contributed by atoms with E-state index >= 15 is 0 Å². The van der Waals surface area contributed by atoms with Gasteiger partial charge in [-0.3, -0.25) is 9.48 Å². The van der Waals surface area contributed by atoms with Crippen LogP contribution in [-0.2, 0) is 12.8 Å². The highest BCUT2D eigenvalue weighted by atomic mass is 32.2. The molecule has 1 aromatic heterocycles. The first-order chi connectivity index (χ1) is 9.13. The fourth-order valence-electron chi connectivity index (χ4n) is 1.86. The molecule has 1 heterocycles. The van der Waals surface area contributed by atoms with Crippen LogP contribution in [0.25, 0.3) is 0 Å². The molecule has 0 fully saturated rings. The molecule has 4 nitrogen and oxygen atoms in total. The lowest BCUT2D eigenvalue weighted by Gasteiger charge is -2.08. The summed E-state index contributed by atoms with van der Waals surface area (Å²) in [5.74, 6) is 1.54. The van der Waals surface area contributed by atoms with E-state index in [4.69, 9.17) is 4.74 Å². The fourth-order valence-corrected chi connectivity index (χ4v) is 2.87. The van der Waals surface area contributed by atoms with E-state index in [2.05, 4.69) is 5.10 Å². The third-order valence-electron chi connectivity index (χ3n) is 2.78. The number of hydrogen-bond acceptors (Lipinski definition) is 4. The van der Waals surface area contributed by atoms with Gasteiger partial charge in [0.25, 0.3) is 0 Å². The highest BCUT2D eigenvalue weighted by molar-refractivity contribution is 7.98. The highest BCUT2D eigenvalue weighted by Crippen LogP contribution is 2.28. The third kappa shape index (κ3) is 3.17. The van der Waals surface area contributed by atoms with Crippen LogP contribution in [0.2, 0.25) is 0 Å². The van der Waals surface area contributed by atoms with E-state index < -0.39 is 0 Å². The number of aromatic nitrogens is 2. The van der Waals surface area contributed by atoms with Gasteiger partial charge in [-0.05, 0) is 31.2 Å². The highest BCUT2D eigenvalue weighted by Gasteiger charge is 2.08. The van der Waals surface area contributed by atoms with Crippen molar-refractivity contribution in [3.05, 3.63) is 41.1 Å². The van der Waals surface area contributed by atoms with Gasteiger partial charge >= 0.3 is 0 Å². The zero-order valence-corrected chi connectivity index (χ0v) is 12.0. The Bertz CT molecular complexity index is 593. The molecular weight excluding hydrogens is 260 g/mol. The first-order valence-corrected chi connectivity index (χ1v) is 6.88. The standard InChI is InChI=1S/C14H16N2O2S/c1-10-6-14(16(2)15-10)19-9-12-7-11(8-17)4-5-13(12)18-3/h4-8H,9H2,1-3H3. The van der Waals surface area contributed by atoms with Crippen LogP contribution < -0.4 is 4.74 Å². The van der Waals surface area contributed by atoms with Crippen LogP contribution in [0.1, 0.15) is 21.6 Å². The second-order valence-corrected chi connectivity index (χ2v) is 5.22. The third-order valence-corrected chi connectivity index (χ3v) is 3.91. The molecule has 0 unspecified atom stereocenters. The minimum atomic E-state index is 0.664. The number of nitrogens with zero attached hydrogens (tertiary/aromatic N) is 2. The molecule has 0 atom stereocenters. The number of carbonyl (C=O) groups excluding carboxylic acids is 1. The molecule has 2 rings (SSSR count). The smallest absolute Gasteiger partial charge is 0.150 e. The largest absolute Gasteiger partial charge is 0.496 e. The maximum absolute atomic E-state index is 10.8. The SMILES string of the molecule is COc1ccc(C=O)cc1CSc1cc(C)nn1C. The Labute approximate surface area is 116 Å². The van der Waals surface area contributed by atoms with Crippen LogP contribution in [0.5, 0.6) is 5.75 Å². The van der Waals surface area contributed by atoms with E-state index in [1.54, 1.807) is 24.9 Å². The van der Waals surface area contributed by atoms with Crippen molar-refractivity contribution >= 4 is 18.0 Å². The predicted molar refractivity (Wildman–Crippen MR) is 75.9 cm³/mol. The molecule has 0 aliphatic carbocycles. The average Bonchev–Trinajstić information content (AvgIpc) is 2.74. The number of benzene rings is 1. The lowest BCUT2D eigenvalue weighted by atomic mass is 10.1. The number of rotatable bonds is 5. The Kier molecular flexibility index (Phi) is 4.27. The second-order valence-electron chi connectivity index (χ2n) is 4.23. The number of aldehydes is 1. The fraction of sp³-hybridized carbons (Fsp3) is 0.286. The number of ether oxygens (including phenoxy) is 1. The van der Waals surface area contributed by atoms with E-state index in [0.717, 1.165) is 34.1 Å². The first-order valence-electron chi connectivity index (χ1n) is 5.89. The number of aryl methyl sites for hydroxylation is 2. The monoisotopic (exact) mass is 276 g/mol. The second kappa shape index (κ2) is 5.93. The number of thioether (sulfide) groups is 1. The molecule has 0 radical (unpaired) electrons. The van der Waals surface area contributed by atoms with E-state index in [9.17, 15) is 4.79 Å². The van der Waals surface area contributed by atoms with Crippen molar-refractivity contribution in [2.24, 2.45) is 7.05 Å². The summed E-state index contributed by atoms with van der Waals surface area (Å²) in [6.07, 6.45) is 0.849. The van der Waals surface area contributed by atoms with Crippen LogP contribution in [0.4, 0.5) is 0 Å². The summed E-state index contributed by atoms with van der Waals surface area (Å²) in [7, 11) is 3.56. The lowest BCUT2D eigenvalue weighted by molar-refractivity contribution is 0.112. The van der Waals surface area contributed by atoms with E-state index in [0.29, 0.717) is 5.56 Å². The molecule has 0 saturated heterocycles. The number of carbonyl (C=O) groups is 1. The summed E-state index contributed by atoms with van der Waals surface area (Å²) < 4.78 is 7.17. The maximum atomic E-state index is 10.8. The van der Waals surface area contributed by atoms with Crippen LogP contribution in [0.15, 0.2) is 29.3 Å². The van der Waals surface area contributed by atoms with Crippen LogP contribution in [-0.4, -0.2) is 23.2 Å². The van der Waals surface area contributed by atoms with Crippen LogP contribution in [0, 0.1) is 6.92 Å². The average molecular weight is 276 g/mol. The van der Waals surface area contributed by atoms with E-state index in [-0.39, 0.29) is 0 Å². The molecule has 100 valence electrons. The molecule has 5 heteroatoms. The van der Waals surface area contributed by atoms with E-state index in [1.165, 1.54) is 0 Å². The zero-order valence-electron chi connectivity index (χ0n) is 11.2. The van der Waals surface area contributed by atoms with Gasteiger partial charge in [-0.2, -0.15) is 5.10 Å². The van der Waals surface area contributed by atoms with Crippen molar-refractivity contribution in [3.63, 3.8) is 0 Å². The minimum Gasteiger partial charge on any atom is -0.496 e. The maximum Gasteiger partial charge on any atom is 0.150 e. The summed E-state index contributed by atoms with van der Waals surface area (Å²) >= 11 is 1.67. The summed E-state index contributed by atoms with van der Waals surface area (Å²) in [6, 6.07) is 7.49. The van der Waals surface area contributed by atoms with Gasteiger partial charge in [0.15, 0.2) is 0 Å². The Morgan fingerprint density at radius 1 is 1.42 bits per heavy atom. The Morgan fingerprint density at radius 3 is 2.79 bits per heavy atom. The zero-order chi connectivity index (χ0) is 13.8. The molecule has 0 aliphatic rings. The van der Waals surface area contributed by atoms with Gasteiger partial charge in [0.05, 0.1) is 17.8 Å². The van der Waals surface area contributed by atoms with Crippen molar-refractivity contribution in [2.45, 2.75) is 17.7 Å². The quantitative estimate of drug-likeness (QED) is 0.622. The molecule has 19 heavy (non-hydrogen) atoms. The summed E-state index contributed by atoms with van der Waals surface area (Å²) in [6.45, 7) is 1.97. The Morgan fingerprint density at radius 2 is 2.21 bits per heavy atom. The van der Waals surface area contributed by atoms with Gasteiger partial charge in [0, 0.05) is 23.9 Å². The summed E-state index contributed by atoms with van der Waals surface area (Å²) in [4.78, 5) is 10.8. The lowest BCUT2D eigenvalue weighted by Crippen LogP contribution is -1.95. The predicted octanol–water partition coefficient (Wildman–Crippen LogP) is 2.84. The first kappa shape index (κ1) is 13.7. The van der Waals surface area contributed by atoms with Crippen LogP contribution in [0.3, 0.4) is 0 Å². The van der Waals surface area contributed by atoms with Gasteiger partial charge in [-0.15, -0.1) is 11.8 Å². The van der Waals surface area contributed by atoms with Crippen LogP contribution >= 0.6 is 11.8 Å². The van der Waals surface area contributed by atoms with Gasteiger partial charge in [-0.1, -0.05) is 0 Å². The number of hydrogen-bond donors (Lipinski definition) is 0. The molecular formula is C14H16N2O2S. The van der Waals surface area contributed by atoms with Gasteiger partial charge < -0.3 is 4.74 Å². The molecule has 0 bridgehead atoms. The number of methoxy groups -OCH3 is 1. The summed E-state index contributed by atoms with van der Waals surface area (Å²) in [5, 5.41) is 5.40. The van der Waals surface area contributed by atoms with Gasteiger partial charge in [-0.25, -0.2) is 0 Å². The normalized spacial score (nSPS) is 10.5. The van der Waals surface area contributed by atoms with Gasteiger partial charge in [0.1, 0.15) is 12.0 Å². The topological polar surface area (TPSA) is 44.1 Å². The Balaban J connectivity index is 2.18.